The number of anilines is 3. The highest BCUT2D eigenvalue weighted by molar-refractivity contribution is 5.74. The molecule has 2 aromatic heterocycles. The topological polar surface area (TPSA) is 118 Å². The highest BCUT2D eigenvalue weighted by Gasteiger charge is 2.23. The number of aromatic nitrogens is 4. The normalized spacial score (nSPS) is 19.2. The minimum atomic E-state index is 0.0869. The summed E-state index contributed by atoms with van der Waals surface area (Å²) in [5, 5.41) is 20.7. The smallest absolute Gasteiger partial charge is 0.319 e. The monoisotopic (exact) mass is 466 g/mol. The minimum Gasteiger partial charge on any atom is -0.369 e. The molecule has 0 spiro atoms. The predicted octanol–water partition coefficient (Wildman–Crippen LogP) is 2.42. The molecule has 2 aliphatic rings. The molecule has 11 nitrogen and oxygen atoms in total. The van der Waals surface area contributed by atoms with Gasteiger partial charge < -0.3 is 25.3 Å². The van der Waals surface area contributed by atoms with Crippen molar-refractivity contribution in [1.29, 1.82) is 5.26 Å². The van der Waals surface area contributed by atoms with Gasteiger partial charge in [0.1, 0.15) is 17.5 Å². The Labute approximate surface area is 200 Å². The van der Waals surface area contributed by atoms with E-state index < -0.39 is 0 Å². The van der Waals surface area contributed by atoms with E-state index in [0.29, 0.717) is 36.5 Å². The highest BCUT2D eigenvalue weighted by Crippen LogP contribution is 2.25. The van der Waals surface area contributed by atoms with Crippen LogP contribution in [-0.2, 0) is 0 Å². The molecule has 0 saturated carbocycles. The fraction of sp³-hybridized carbons (Fsp3) is 0.609. The summed E-state index contributed by atoms with van der Waals surface area (Å²) in [5.74, 6) is 0.902. The van der Waals surface area contributed by atoms with E-state index in [-0.39, 0.29) is 6.03 Å². The third-order valence-electron chi connectivity index (χ3n) is 6.48. The first-order valence-electron chi connectivity index (χ1n) is 12.0. The number of hydrogen-bond donors (Lipinski definition) is 2. The quantitative estimate of drug-likeness (QED) is 0.570. The minimum absolute atomic E-state index is 0.0869. The molecule has 0 aromatic carbocycles. The van der Waals surface area contributed by atoms with Crippen molar-refractivity contribution in [2.45, 2.75) is 38.6 Å². The van der Waals surface area contributed by atoms with Crippen LogP contribution in [0.25, 0.3) is 0 Å². The van der Waals surface area contributed by atoms with Gasteiger partial charge in [-0.25, -0.2) is 9.78 Å². The molecular weight excluding hydrogens is 432 g/mol. The van der Waals surface area contributed by atoms with Gasteiger partial charge in [-0.05, 0) is 46.2 Å². The van der Waals surface area contributed by atoms with Crippen molar-refractivity contribution in [2.75, 3.05) is 64.0 Å². The zero-order valence-corrected chi connectivity index (χ0v) is 20.3. The third kappa shape index (κ3) is 5.56. The van der Waals surface area contributed by atoms with E-state index in [4.69, 9.17) is 0 Å². The fourth-order valence-electron chi connectivity index (χ4n) is 4.47. The Balaban J connectivity index is 1.36. The van der Waals surface area contributed by atoms with E-state index in [2.05, 4.69) is 43.7 Å². The molecule has 4 heterocycles. The molecular formula is C23H34N10O. The van der Waals surface area contributed by atoms with E-state index in [1.165, 1.54) is 6.20 Å². The lowest BCUT2D eigenvalue weighted by atomic mass is 10.3. The summed E-state index contributed by atoms with van der Waals surface area (Å²) in [7, 11) is 3.98. The van der Waals surface area contributed by atoms with Crippen molar-refractivity contribution in [2.24, 2.45) is 0 Å². The molecule has 2 amide bonds. The van der Waals surface area contributed by atoms with Crippen molar-refractivity contribution in [3.63, 3.8) is 0 Å². The van der Waals surface area contributed by atoms with Gasteiger partial charge in [0.05, 0.1) is 23.6 Å². The molecule has 11 heteroatoms. The summed E-state index contributed by atoms with van der Waals surface area (Å²) >= 11 is 0. The maximum Gasteiger partial charge on any atom is 0.319 e. The number of nitrogens with zero attached hydrogens (tertiary/aromatic N) is 8. The lowest BCUT2D eigenvalue weighted by Gasteiger charge is -2.24. The van der Waals surface area contributed by atoms with Crippen molar-refractivity contribution in [1.82, 2.24) is 34.4 Å². The molecule has 2 fully saturated rings. The van der Waals surface area contributed by atoms with Gasteiger partial charge >= 0.3 is 6.03 Å². The van der Waals surface area contributed by atoms with E-state index in [1.54, 1.807) is 4.90 Å². The third-order valence-corrected chi connectivity index (χ3v) is 6.48. The van der Waals surface area contributed by atoms with Crippen LogP contribution in [0.15, 0.2) is 12.4 Å². The Hall–Kier alpha value is -3.39. The number of nitrogens with one attached hydrogen (secondary N) is 2. The van der Waals surface area contributed by atoms with Crippen LogP contribution in [0.5, 0.6) is 0 Å². The van der Waals surface area contributed by atoms with Gasteiger partial charge in [-0.3, -0.25) is 4.68 Å². The molecule has 4 rings (SSSR count). The van der Waals surface area contributed by atoms with Gasteiger partial charge in [-0.1, -0.05) is 0 Å². The summed E-state index contributed by atoms with van der Waals surface area (Å²) in [6.07, 6.45) is 7.43. The molecule has 2 N–H and O–H groups in total. The van der Waals surface area contributed by atoms with Crippen LogP contribution in [0.1, 0.15) is 43.0 Å². The Morgan fingerprint density at radius 1 is 1.24 bits per heavy atom. The van der Waals surface area contributed by atoms with Gasteiger partial charge in [-0.2, -0.15) is 15.3 Å². The molecule has 0 radical (unpaired) electrons. The number of carbonyl (C=O) groups is 1. The molecule has 34 heavy (non-hydrogen) atoms. The summed E-state index contributed by atoms with van der Waals surface area (Å²) in [6.45, 7) is 6.89. The fourth-order valence-corrected chi connectivity index (χ4v) is 4.47. The number of urea groups is 1. The SMILES string of the molecule is Cc1nn(C2CCN(C)C2)cc1Nc1ncc(C#N)c(NCCCN2CCCCN(C)C2=O)n1. The number of amides is 2. The summed E-state index contributed by atoms with van der Waals surface area (Å²) in [4.78, 5) is 27.2. The lowest BCUT2D eigenvalue weighted by molar-refractivity contribution is 0.172. The average molecular weight is 467 g/mol. The number of hydrogen-bond acceptors (Lipinski definition) is 8. The Bertz CT molecular complexity index is 1040. The zero-order valence-electron chi connectivity index (χ0n) is 20.3. The lowest BCUT2D eigenvalue weighted by Crippen LogP contribution is -2.40. The van der Waals surface area contributed by atoms with Crippen LogP contribution in [0, 0.1) is 18.3 Å². The van der Waals surface area contributed by atoms with E-state index in [0.717, 1.165) is 63.2 Å². The second-order valence-corrected chi connectivity index (χ2v) is 9.18. The van der Waals surface area contributed by atoms with Gasteiger partial charge in [0.25, 0.3) is 0 Å². The first-order chi connectivity index (χ1) is 16.4. The van der Waals surface area contributed by atoms with Crippen molar-refractivity contribution in [3.05, 3.63) is 23.7 Å². The van der Waals surface area contributed by atoms with E-state index >= 15 is 0 Å². The average Bonchev–Trinajstić information content (AvgIpc) is 3.38. The maximum absolute atomic E-state index is 12.4. The molecule has 1 atom stereocenters. The number of aryl methyl sites for hydroxylation is 1. The number of carbonyl (C=O) groups excluding carboxylic acids is 1. The second kappa shape index (κ2) is 10.7. The number of likely N-dealkylation sites (N-methyl/N-ethyl adjacent to an activating group) is 1. The van der Waals surface area contributed by atoms with Crippen LogP contribution >= 0.6 is 0 Å². The van der Waals surface area contributed by atoms with Gasteiger partial charge in [0, 0.05) is 46.0 Å². The number of nitriles is 1. The summed E-state index contributed by atoms with van der Waals surface area (Å²) in [6, 6.07) is 2.60. The van der Waals surface area contributed by atoms with Crippen LogP contribution in [0.3, 0.4) is 0 Å². The molecule has 0 aliphatic carbocycles. The van der Waals surface area contributed by atoms with Crippen molar-refractivity contribution >= 4 is 23.5 Å². The molecule has 1 unspecified atom stereocenters. The van der Waals surface area contributed by atoms with Crippen molar-refractivity contribution in [3.8, 4) is 6.07 Å². The van der Waals surface area contributed by atoms with Crippen molar-refractivity contribution < 1.29 is 4.79 Å². The molecule has 182 valence electrons. The first kappa shape index (κ1) is 23.8. The second-order valence-electron chi connectivity index (χ2n) is 9.18. The summed E-state index contributed by atoms with van der Waals surface area (Å²) < 4.78 is 2.02. The number of likely N-dealkylation sites (tertiary alicyclic amines) is 1. The molecule has 2 aliphatic heterocycles. The predicted molar refractivity (Wildman–Crippen MR) is 130 cm³/mol. The van der Waals surface area contributed by atoms with Gasteiger partial charge in [0.2, 0.25) is 5.95 Å². The van der Waals surface area contributed by atoms with E-state index in [9.17, 15) is 10.1 Å². The largest absolute Gasteiger partial charge is 0.369 e. The van der Waals surface area contributed by atoms with Crippen LogP contribution < -0.4 is 10.6 Å². The van der Waals surface area contributed by atoms with Gasteiger partial charge in [-0.15, -0.1) is 0 Å². The maximum atomic E-state index is 12.4. The Kier molecular flexibility index (Phi) is 7.47. The number of rotatable bonds is 8. The Morgan fingerprint density at radius 2 is 2.06 bits per heavy atom. The van der Waals surface area contributed by atoms with Crippen LogP contribution in [-0.4, -0.2) is 93.8 Å². The van der Waals surface area contributed by atoms with Gasteiger partial charge in [0.15, 0.2) is 0 Å². The van der Waals surface area contributed by atoms with Crippen LogP contribution in [0.4, 0.5) is 22.2 Å². The Morgan fingerprint density at radius 3 is 2.82 bits per heavy atom. The highest BCUT2D eigenvalue weighted by atomic mass is 16.2. The first-order valence-corrected chi connectivity index (χ1v) is 12.0. The van der Waals surface area contributed by atoms with Crippen LogP contribution in [0.2, 0.25) is 0 Å². The summed E-state index contributed by atoms with van der Waals surface area (Å²) in [5.41, 5.74) is 2.12. The zero-order chi connectivity index (χ0) is 24.1. The molecule has 0 bridgehead atoms. The molecule has 2 aromatic rings. The van der Waals surface area contributed by atoms with E-state index in [1.807, 2.05) is 29.7 Å². The molecule has 2 saturated heterocycles. The standard InChI is InChI=1S/C23H34N10O/c1-17-20(16-33(29-17)19-7-12-30(2)15-19)27-22-26-14-18(13-24)21(28-22)25-8-6-11-32-10-5-4-9-31(3)23(32)34/h14,16,19H,4-12,15H2,1-3H3,(H2,25,26,27,28).